The summed E-state index contributed by atoms with van der Waals surface area (Å²) >= 11 is 3.32. The maximum Gasteiger partial charge on any atom is 0.244 e. The molecule has 0 aromatic heterocycles. The van der Waals surface area contributed by atoms with Gasteiger partial charge in [0, 0.05) is 19.2 Å². The van der Waals surface area contributed by atoms with Crippen LogP contribution in [-0.4, -0.2) is 29.0 Å². The van der Waals surface area contributed by atoms with Crippen LogP contribution in [0.25, 0.3) is 0 Å². The van der Waals surface area contributed by atoms with Gasteiger partial charge in [0.1, 0.15) is 11.0 Å². The summed E-state index contributed by atoms with van der Waals surface area (Å²) in [6.07, 6.45) is 2.85. The number of hydrogen-bond acceptors (Lipinski definition) is 4. The largest absolute Gasteiger partial charge is 0.457 e. The minimum Gasteiger partial charge on any atom is -0.457 e. The highest BCUT2D eigenvalue weighted by atomic mass is 79.9. The second-order valence-corrected chi connectivity index (χ2v) is 9.39. The molecule has 0 bridgehead atoms. The van der Waals surface area contributed by atoms with Crippen molar-refractivity contribution in [1.82, 2.24) is 0 Å². The Bertz CT molecular complexity index is 486. The van der Waals surface area contributed by atoms with Crippen molar-refractivity contribution in [3.05, 3.63) is 12.0 Å². The molecule has 18 heavy (non-hydrogen) atoms. The molecule has 104 valence electrons. The fourth-order valence-corrected chi connectivity index (χ4v) is 5.75. The minimum atomic E-state index is -3.33. The van der Waals surface area contributed by atoms with E-state index in [1.165, 1.54) is 6.26 Å². The highest BCUT2D eigenvalue weighted by molar-refractivity contribution is 9.09. The SMILES string of the molecule is CC1(C)OC=C(C(C)(C)S(=O)(=O)C2(CBr)CC2)O1. The quantitative estimate of drug-likeness (QED) is 0.739. The van der Waals surface area contributed by atoms with Gasteiger partial charge < -0.3 is 9.47 Å². The molecule has 0 atom stereocenters. The van der Waals surface area contributed by atoms with Gasteiger partial charge in [-0.05, 0) is 26.7 Å². The molecule has 0 saturated heterocycles. The first-order chi connectivity index (χ1) is 8.08. The molecule has 0 N–H and O–H groups in total. The predicted octanol–water partition coefficient (Wildman–Crippen LogP) is 2.73. The maximum atomic E-state index is 12.8. The first-order valence-electron chi connectivity index (χ1n) is 5.96. The third kappa shape index (κ3) is 1.88. The number of alkyl halides is 1. The summed E-state index contributed by atoms with van der Waals surface area (Å²) in [7, 11) is -3.33. The van der Waals surface area contributed by atoms with Crippen LogP contribution in [0.4, 0.5) is 0 Å². The summed E-state index contributed by atoms with van der Waals surface area (Å²) < 4.78 is 34.8. The molecule has 0 unspecified atom stereocenters. The van der Waals surface area contributed by atoms with E-state index >= 15 is 0 Å². The van der Waals surface area contributed by atoms with Crippen molar-refractivity contribution in [2.45, 2.75) is 55.8 Å². The van der Waals surface area contributed by atoms with Crippen LogP contribution in [-0.2, 0) is 19.3 Å². The third-order valence-corrected chi connectivity index (χ3v) is 8.37. The van der Waals surface area contributed by atoms with Gasteiger partial charge in [-0.2, -0.15) is 0 Å². The molecule has 4 nitrogen and oxygen atoms in total. The molecule has 1 saturated carbocycles. The summed E-state index contributed by atoms with van der Waals surface area (Å²) in [6, 6.07) is 0. The van der Waals surface area contributed by atoms with E-state index in [9.17, 15) is 8.42 Å². The zero-order valence-corrected chi connectivity index (χ0v) is 13.5. The Kier molecular flexibility index (Phi) is 3.06. The molecule has 1 heterocycles. The third-order valence-electron chi connectivity index (χ3n) is 3.69. The minimum absolute atomic E-state index is 0.389. The molecule has 1 aliphatic heterocycles. The number of ether oxygens (including phenoxy) is 2. The van der Waals surface area contributed by atoms with E-state index in [0.29, 0.717) is 23.9 Å². The van der Waals surface area contributed by atoms with Crippen LogP contribution < -0.4 is 0 Å². The van der Waals surface area contributed by atoms with E-state index in [2.05, 4.69) is 15.9 Å². The topological polar surface area (TPSA) is 52.6 Å². The molecule has 0 spiro atoms. The average Bonchev–Trinajstić information content (AvgIpc) is 2.98. The number of sulfone groups is 1. The fraction of sp³-hybridized carbons (Fsp3) is 0.833. The summed E-state index contributed by atoms with van der Waals surface area (Å²) in [5.41, 5.74) is 0. The van der Waals surface area contributed by atoms with Crippen LogP contribution in [0.1, 0.15) is 40.5 Å². The van der Waals surface area contributed by atoms with E-state index in [4.69, 9.17) is 9.47 Å². The van der Waals surface area contributed by atoms with Crippen LogP contribution in [0.5, 0.6) is 0 Å². The van der Waals surface area contributed by atoms with Crippen LogP contribution in [0.15, 0.2) is 12.0 Å². The molecule has 0 aromatic carbocycles. The number of hydrogen-bond donors (Lipinski definition) is 0. The van der Waals surface area contributed by atoms with Gasteiger partial charge >= 0.3 is 0 Å². The Morgan fingerprint density at radius 3 is 2.28 bits per heavy atom. The molecule has 0 amide bonds. The summed E-state index contributed by atoms with van der Waals surface area (Å²) in [5.74, 6) is -0.396. The van der Waals surface area contributed by atoms with Crippen LogP contribution in [0.2, 0.25) is 0 Å². The highest BCUT2D eigenvalue weighted by Gasteiger charge is 2.61. The van der Waals surface area contributed by atoms with E-state index in [-0.39, 0.29) is 0 Å². The molecule has 2 rings (SSSR count). The summed E-state index contributed by atoms with van der Waals surface area (Å²) in [6.45, 7) is 6.89. The Morgan fingerprint density at radius 2 is 1.94 bits per heavy atom. The molecule has 0 aromatic rings. The monoisotopic (exact) mass is 338 g/mol. The van der Waals surface area contributed by atoms with Crippen molar-refractivity contribution in [1.29, 1.82) is 0 Å². The second-order valence-electron chi connectivity index (χ2n) is 5.93. The summed E-state index contributed by atoms with van der Waals surface area (Å²) in [4.78, 5) is 0. The van der Waals surface area contributed by atoms with Gasteiger partial charge in [0.25, 0.3) is 0 Å². The van der Waals surface area contributed by atoms with Crippen molar-refractivity contribution in [3.8, 4) is 0 Å². The molecule has 2 aliphatic rings. The van der Waals surface area contributed by atoms with Gasteiger partial charge in [0.05, 0.1) is 4.75 Å². The fourth-order valence-electron chi connectivity index (χ4n) is 2.06. The van der Waals surface area contributed by atoms with Crippen molar-refractivity contribution in [2.24, 2.45) is 0 Å². The van der Waals surface area contributed by atoms with Crippen LogP contribution in [0, 0.1) is 0 Å². The Balaban J connectivity index is 2.33. The second kappa shape index (κ2) is 3.88. The number of rotatable bonds is 4. The number of halogens is 1. The predicted molar refractivity (Wildman–Crippen MR) is 73.1 cm³/mol. The zero-order chi connectivity index (χ0) is 13.8. The zero-order valence-electron chi connectivity index (χ0n) is 11.1. The Labute approximate surface area is 117 Å². The van der Waals surface area contributed by atoms with Crippen molar-refractivity contribution in [3.63, 3.8) is 0 Å². The van der Waals surface area contributed by atoms with Gasteiger partial charge in [0.2, 0.25) is 5.79 Å². The van der Waals surface area contributed by atoms with E-state index in [1.54, 1.807) is 27.7 Å². The van der Waals surface area contributed by atoms with Crippen molar-refractivity contribution >= 4 is 25.8 Å². The van der Waals surface area contributed by atoms with Gasteiger partial charge in [-0.25, -0.2) is 8.42 Å². The molecule has 1 fully saturated rings. The van der Waals surface area contributed by atoms with Gasteiger partial charge in [-0.1, -0.05) is 15.9 Å². The lowest BCUT2D eigenvalue weighted by atomic mass is 10.2. The standard InChI is InChI=1S/C12H19BrO4S/c1-10(2,9-7-16-11(3,4)17-9)18(14,15)12(8-13)5-6-12/h7H,5-6,8H2,1-4H3. The first kappa shape index (κ1) is 14.2. The van der Waals surface area contributed by atoms with Gasteiger partial charge in [-0.15, -0.1) is 0 Å². The molecule has 0 radical (unpaired) electrons. The normalized spacial score (nSPS) is 25.1. The highest BCUT2D eigenvalue weighted by Crippen LogP contribution is 2.52. The first-order valence-corrected chi connectivity index (χ1v) is 8.56. The van der Waals surface area contributed by atoms with Gasteiger partial charge in [0.15, 0.2) is 15.6 Å². The van der Waals surface area contributed by atoms with Crippen molar-refractivity contribution in [2.75, 3.05) is 5.33 Å². The lowest BCUT2D eigenvalue weighted by Crippen LogP contribution is -2.44. The smallest absolute Gasteiger partial charge is 0.244 e. The Morgan fingerprint density at radius 1 is 1.39 bits per heavy atom. The molecule has 6 heteroatoms. The molecular weight excluding hydrogens is 320 g/mol. The van der Waals surface area contributed by atoms with E-state index < -0.39 is 25.1 Å². The van der Waals surface area contributed by atoms with Gasteiger partial charge in [-0.3, -0.25) is 0 Å². The average molecular weight is 339 g/mol. The maximum absolute atomic E-state index is 12.8. The van der Waals surface area contributed by atoms with E-state index in [0.717, 1.165) is 0 Å². The Hall–Kier alpha value is -0.230. The van der Waals surface area contributed by atoms with Crippen LogP contribution in [0.3, 0.4) is 0 Å². The lowest BCUT2D eigenvalue weighted by Gasteiger charge is -2.30. The molecular formula is C12H19BrO4S. The lowest BCUT2D eigenvalue weighted by molar-refractivity contribution is -0.119. The van der Waals surface area contributed by atoms with Crippen LogP contribution >= 0.6 is 15.9 Å². The van der Waals surface area contributed by atoms with Crippen molar-refractivity contribution < 1.29 is 17.9 Å². The molecule has 1 aliphatic carbocycles. The van der Waals surface area contributed by atoms with E-state index in [1.807, 2.05) is 0 Å². The summed E-state index contributed by atoms with van der Waals surface area (Å²) in [5, 5.41) is 0.475.